The minimum atomic E-state index is -0.155. The standard InChI is InChI=1S/C19H24ClN3O2/c1-4-13(2)16(21)6-5-11-25-18-9-7-14(12-15(18)20)17-8-10-19(24)23(3)22-17/h7-10,12-13,21H,4-6,11H2,1-3H3/t13-/m1/s1. The molecule has 1 atom stereocenters. The Hall–Kier alpha value is -2.14. The maximum absolute atomic E-state index is 11.4. The van der Waals surface area contributed by atoms with Gasteiger partial charge in [-0.2, -0.15) is 5.10 Å². The number of aromatic nitrogens is 2. The van der Waals surface area contributed by atoms with Gasteiger partial charge < -0.3 is 10.1 Å². The van der Waals surface area contributed by atoms with E-state index in [0.29, 0.717) is 29.0 Å². The lowest BCUT2D eigenvalue weighted by molar-refractivity contribution is 0.313. The van der Waals surface area contributed by atoms with E-state index in [-0.39, 0.29) is 5.56 Å². The summed E-state index contributed by atoms with van der Waals surface area (Å²) >= 11 is 6.30. The largest absolute Gasteiger partial charge is 0.492 e. The van der Waals surface area contributed by atoms with E-state index >= 15 is 0 Å². The van der Waals surface area contributed by atoms with Crippen LogP contribution in [0.2, 0.25) is 5.02 Å². The van der Waals surface area contributed by atoms with Crippen molar-refractivity contribution in [3.05, 3.63) is 45.7 Å². The molecule has 0 unspecified atom stereocenters. The topological polar surface area (TPSA) is 68.0 Å². The van der Waals surface area contributed by atoms with E-state index in [1.807, 2.05) is 12.1 Å². The Morgan fingerprint density at radius 2 is 2.12 bits per heavy atom. The zero-order chi connectivity index (χ0) is 18.4. The Kier molecular flexibility index (Phi) is 6.76. The molecule has 2 rings (SSSR count). The normalized spacial score (nSPS) is 12.0. The van der Waals surface area contributed by atoms with Crippen LogP contribution in [0.5, 0.6) is 5.75 Å². The molecular weight excluding hydrogens is 338 g/mol. The molecule has 0 aliphatic carbocycles. The fraction of sp³-hybridized carbons (Fsp3) is 0.421. The van der Waals surface area contributed by atoms with Crippen LogP contribution in [0.1, 0.15) is 33.1 Å². The number of nitrogens with one attached hydrogen (secondary N) is 1. The number of nitrogens with zero attached hydrogens (tertiary/aromatic N) is 2. The highest BCUT2D eigenvalue weighted by Gasteiger charge is 2.09. The number of hydrogen-bond donors (Lipinski definition) is 1. The lowest BCUT2D eigenvalue weighted by atomic mass is 9.99. The predicted molar refractivity (Wildman–Crippen MR) is 102 cm³/mol. The van der Waals surface area contributed by atoms with Crippen molar-refractivity contribution in [1.82, 2.24) is 9.78 Å². The minimum Gasteiger partial charge on any atom is -0.492 e. The van der Waals surface area contributed by atoms with Gasteiger partial charge in [-0.05, 0) is 49.4 Å². The monoisotopic (exact) mass is 361 g/mol. The number of benzene rings is 1. The van der Waals surface area contributed by atoms with Gasteiger partial charge in [0.2, 0.25) is 0 Å². The zero-order valence-electron chi connectivity index (χ0n) is 14.9. The number of rotatable bonds is 8. The maximum Gasteiger partial charge on any atom is 0.266 e. The molecule has 0 bridgehead atoms. The molecule has 1 N–H and O–H groups in total. The van der Waals surface area contributed by atoms with E-state index in [0.717, 1.165) is 30.5 Å². The molecule has 134 valence electrons. The van der Waals surface area contributed by atoms with E-state index in [4.69, 9.17) is 21.7 Å². The molecule has 0 saturated heterocycles. The van der Waals surface area contributed by atoms with E-state index < -0.39 is 0 Å². The molecule has 25 heavy (non-hydrogen) atoms. The first-order valence-electron chi connectivity index (χ1n) is 8.46. The first kappa shape index (κ1) is 19.2. The van der Waals surface area contributed by atoms with Crippen LogP contribution >= 0.6 is 11.6 Å². The fourth-order valence-corrected chi connectivity index (χ4v) is 2.61. The van der Waals surface area contributed by atoms with E-state index in [1.165, 1.54) is 10.7 Å². The summed E-state index contributed by atoms with van der Waals surface area (Å²) in [6.07, 6.45) is 2.53. The quantitative estimate of drug-likeness (QED) is 0.562. The van der Waals surface area contributed by atoms with Crippen LogP contribution in [-0.4, -0.2) is 22.1 Å². The summed E-state index contributed by atoms with van der Waals surface area (Å²) in [7, 11) is 1.61. The first-order chi connectivity index (χ1) is 11.9. The second-order valence-electron chi connectivity index (χ2n) is 6.11. The van der Waals surface area contributed by atoms with Gasteiger partial charge in [0.05, 0.1) is 17.3 Å². The van der Waals surface area contributed by atoms with Gasteiger partial charge >= 0.3 is 0 Å². The van der Waals surface area contributed by atoms with Gasteiger partial charge in [-0.15, -0.1) is 0 Å². The van der Waals surface area contributed by atoms with Crippen molar-refractivity contribution in [3.63, 3.8) is 0 Å². The van der Waals surface area contributed by atoms with Crippen molar-refractivity contribution in [2.75, 3.05) is 6.61 Å². The van der Waals surface area contributed by atoms with Gasteiger partial charge in [0.15, 0.2) is 0 Å². The molecule has 0 amide bonds. The summed E-state index contributed by atoms with van der Waals surface area (Å²) in [6.45, 7) is 4.69. The number of halogens is 1. The summed E-state index contributed by atoms with van der Waals surface area (Å²) < 4.78 is 7.02. The number of ether oxygens (including phenoxy) is 1. The van der Waals surface area contributed by atoms with Crippen LogP contribution in [-0.2, 0) is 7.05 Å². The van der Waals surface area contributed by atoms with Crippen molar-refractivity contribution >= 4 is 17.3 Å². The third-order valence-corrected chi connectivity index (χ3v) is 4.54. The third kappa shape index (κ3) is 5.16. The highest BCUT2D eigenvalue weighted by molar-refractivity contribution is 6.32. The Bertz CT molecular complexity index is 801. The predicted octanol–water partition coefficient (Wildman–Crippen LogP) is 4.33. The van der Waals surface area contributed by atoms with Crippen molar-refractivity contribution in [1.29, 1.82) is 5.41 Å². The van der Waals surface area contributed by atoms with E-state index in [9.17, 15) is 4.79 Å². The van der Waals surface area contributed by atoms with Crippen LogP contribution in [0.4, 0.5) is 0 Å². The zero-order valence-corrected chi connectivity index (χ0v) is 15.6. The molecule has 6 heteroatoms. The Labute approximate surface area is 153 Å². The summed E-state index contributed by atoms with van der Waals surface area (Å²) in [4.78, 5) is 11.4. The molecule has 1 heterocycles. The SMILES string of the molecule is CC[C@@H](C)C(=N)CCCOc1ccc(-c2ccc(=O)n(C)n2)cc1Cl. The molecule has 0 saturated carbocycles. The Morgan fingerprint density at radius 1 is 1.36 bits per heavy atom. The lowest BCUT2D eigenvalue weighted by Gasteiger charge is -2.12. The molecular formula is C19H24ClN3O2. The summed E-state index contributed by atoms with van der Waals surface area (Å²) in [6, 6.07) is 8.62. The van der Waals surface area contributed by atoms with E-state index in [2.05, 4.69) is 18.9 Å². The van der Waals surface area contributed by atoms with Crippen molar-refractivity contribution in [3.8, 4) is 17.0 Å². The first-order valence-corrected chi connectivity index (χ1v) is 8.84. The molecule has 1 aromatic heterocycles. The molecule has 0 fully saturated rings. The molecule has 0 spiro atoms. The van der Waals surface area contributed by atoms with Gasteiger partial charge in [-0.3, -0.25) is 4.79 Å². The smallest absolute Gasteiger partial charge is 0.266 e. The van der Waals surface area contributed by atoms with Gasteiger partial charge in [-0.25, -0.2) is 4.68 Å². The summed E-state index contributed by atoms with van der Waals surface area (Å²) in [5.41, 5.74) is 2.12. The Balaban J connectivity index is 1.96. The van der Waals surface area contributed by atoms with Gasteiger partial charge in [0, 0.05) is 24.4 Å². The average molecular weight is 362 g/mol. The van der Waals surface area contributed by atoms with Crippen molar-refractivity contribution in [2.24, 2.45) is 13.0 Å². The minimum absolute atomic E-state index is 0.155. The van der Waals surface area contributed by atoms with Crippen LogP contribution in [0.15, 0.2) is 35.1 Å². The van der Waals surface area contributed by atoms with Crippen LogP contribution < -0.4 is 10.3 Å². The average Bonchev–Trinajstić information content (AvgIpc) is 2.61. The summed E-state index contributed by atoms with van der Waals surface area (Å²) in [5, 5.41) is 12.7. The van der Waals surface area contributed by atoms with Crippen LogP contribution in [0.3, 0.4) is 0 Å². The molecule has 2 aromatic rings. The van der Waals surface area contributed by atoms with Gasteiger partial charge in [0.1, 0.15) is 5.75 Å². The van der Waals surface area contributed by atoms with Gasteiger partial charge in [-0.1, -0.05) is 25.4 Å². The maximum atomic E-state index is 11.4. The number of hydrogen-bond acceptors (Lipinski definition) is 4. The van der Waals surface area contributed by atoms with Crippen molar-refractivity contribution < 1.29 is 4.74 Å². The summed E-state index contributed by atoms with van der Waals surface area (Å²) in [5.74, 6) is 0.947. The highest BCUT2D eigenvalue weighted by atomic mass is 35.5. The second kappa shape index (κ2) is 8.81. The molecule has 1 aromatic carbocycles. The lowest BCUT2D eigenvalue weighted by Crippen LogP contribution is -2.18. The molecule has 0 aliphatic heterocycles. The second-order valence-corrected chi connectivity index (χ2v) is 6.52. The number of aryl methyl sites for hydroxylation is 1. The Morgan fingerprint density at radius 3 is 2.76 bits per heavy atom. The van der Waals surface area contributed by atoms with Crippen molar-refractivity contribution in [2.45, 2.75) is 33.1 Å². The third-order valence-electron chi connectivity index (χ3n) is 4.24. The molecule has 5 nitrogen and oxygen atoms in total. The molecule has 0 aliphatic rings. The van der Waals surface area contributed by atoms with Crippen LogP contribution in [0, 0.1) is 11.3 Å². The van der Waals surface area contributed by atoms with Gasteiger partial charge in [0.25, 0.3) is 5.56 Å². The fourth-order valence-electron chi connectivity index (χ4n) is 2.37. The molecule has 0 radical (unpaired) electrons. The van der Waals surface area contributed by atoms with E-state index in [1.54, 1.807) is 19.2 Å². The highest BCUT2D eigenvalue weighted by Crippen LogP contribution is 2.29. The van der Waals surface area contributed by atoms with Crippen LogP contribution in [0.25, 0.3) is 11.3 Å².